The van der Waals surface area contributed by atoms with Gasteiger partial charge in [0.15, 0.2) is 0 Å². The quantitative estimate of drug-likeness (QED) is 0.212. The third kappa shape index (κ3) is 20.0. The summed E-state index contributed by atoms with van der Waals surface area (Å²) in [6, 6.07) is 0.114. The lowest BCUT2D eigenvalue weighted by Crippen LogP contribution is -2.44. The number of hydrogen-bond donors (Lipinski definition) is 3. The predicted octanol–water partition coefficient (Wildman–Crippen LogP) is 6.67. The van der Waals surface area contributed by atoms with Gasteiger partial charge in [0, 0.05) is 25.0 Å². The number of nitrogens with one attached hydrogen (secondary N) is 3. The van der Waals surface area contributed by atoms with Crippen LogP contribution in [0, 0.1) is 17.8 Å². The lowest BCUT2D eigenvalue weighted by Gasteiger charge is -2.30. The van der Waals surface area contributed by atoms with Crippen molar-refractivity contribution in [2.75, 3.05) is 20.2 Å². The maximum Gasteiger partial charge on any atom is 0.220 e. The van der Waals surface area contributed by atoms with Gasteiger partial charge in [-0.15, -0.1) is 0 Å². The fourth-order valence-corrected chi connectivity index (χ4v) is 5.17. The van der Waals surface area contributed by atoms with Gasteiger partial charge >= 0.3 is 0 Å². The molecule has 39 heavy (non-hydrogen) atoms. The number of carbonyl (C=O) groups is 2. The minimum absolute atomic E-state index is 0.0120. The number of ether oxygens (including phenoxy) is 1. The first kappa shape index (κ1) is 35.4. The van der Waals surface area contributed by atoms with Gasteiger partial charge in [-0.1, -0.05) is 82.5 Å². The summed E-state index contributed by atoms with van der Waals surface area (Å²) < 4.78 is 6.12. The second-order valence-electron chi connectivity index (χ2n) is 12.9. The second kappa shape index (κ2) is 20.3. The molecule has 1 aliphatic rings. The molecule has 0 radical (unpaired) electrons. The summed E-state index contributed by atoms with van der Waals surface area (Å²) in [7, 11) is 1.86. The predicted molar refractivity (Wildman–Crippen MR) is 164 cm³/mol. The molecule has 226 valence electrons. The average Bonchev–Trinajstić information content (AvgIpc) is 2.86. The van der Waals surface area contributed by atoms with Gasteiger partial charge in [-0.05, 0) is 73.3 Å². The van der Waals surface area contributed by atoms with E-state index in [4.69, 9.17) is 4.74 Å². The zero-order chi connectivity index (χ0) is 29.0. The Hall–Kier alpha value is -1.58. The molecule has 0 saturated heterocycles. The summed E-state index contributed by atoms with van der Waals surface area (Å²) in [6.07, 6.45) is 19.7. The van der Waals surface area contributed by atoms with E-state index in [1.54, 1.807) is 0 Å². The van der Waals surface area contributed by atoms with Crippen LogP contribution in [-0.2, 0) is 14.3 Å². The van der Waals surface area contributed by atoms with Gasteiger partial charge in [-0.2, -0.15) is 0 Å². The molecule has 0 spiro atoms. The lowest BCUT2D eigenvalue weighted by molar-refractivity contribution is -0.124. The highest BCUT2D eigenvalue weighted by Gasteiger charge is 2.24. The molecular weight excluding hydrogens is 486 g/mol. The molecule has 1 rings (SSSR count). The molecule has 6 heteroatoms. The Morgan fingerprint density at radius 2 is 1.46 bits per heavy atom. The molecule has 0 aliphatic heterocycles. The van der Waals surface area contributed by atoms with Crippen molar-refractivity contribution in [3.8, 4) is 11.8 Å². The third-order valence-electron chi connectivity index (χ3n) is 8.02. The molecule has 3 N–H and O–H groups in total. The fourth-order valence-electron chi connectivity index (χ4n) is 5.17. The summed E-state index contributed by atoms with van der Waals surface area (Å²) in [4.78, 5) is 24.8. The smallest absolute Gasteiger partial charge is 0.220 e. The maximum atomic E-state index is 12.7. The van der Waals surface area contributed by atoms with Crippen LogP contribution in [0.5, 0.6) is 0 Å². The summed E-state index contributed by atoms with van der Waals surface area (Å²) in [5.74, 6) is 6.91. The Balaban J connectivity index is 2.27. The van der Waals surface area contributed by atoms with Crippen LogP contribution in [0.15, 0.2) is 0 Å². The molecule has 0 heterocycles. The first-order chi connectivity index (χ1) is 18.5. The van der Waals surface area contributed by atoms with E-state index in [0.29, 0.717) is 32.4 Å². The van der Waals surface area contributed by atoms with Crippen molar-refractivity contribution < 1.29 is 14.3 Å². The van der Waals surface area contributed by atoms with Crippen LogP contribution in [0.25, 0.3) is 0 Å². The van der Waals surface area contributed by atoms with Crippen LogP contribution in [0.3, 0.4) is 0 Å². The van der Waals surface area contributed by atoms with E-state index >= 15 is 0 Å². The average molecular weight is 548 g/mol. The van der Waals surface area contributed by atoms with E-state index < -0.39 is 5.60 Å². The SMILES string of the molecule is CNC(C)C#CCNC(=O)CCC(C)(C)OCCC(C)(C)NC(=O)CCCC1CCCCCCCCCCC1. The van der Waals surface area contributed by atoms with Gasteiger partial charge < -0.3 is 20.7 Å². The van der Waals surface area contributed by atoms with Crippen LogP contribution in [-0.4, -0.2) is 49.2 Å². The minimum atomic E-state index is -0.405. The maximum absolute atomic E-state index is 12.7. The van der Waals surface area contributed by atoms with Crippen molar-refractivity contribution in [1.29, 1.82) is 0 Å². The van der Waals surface area contributed by atoms with Crippen molar-refractivity contribution in [2.45, 2.75) is 161 Å². The fraction of sp³-hybridized carbons (Fsp3) is 0.879. The molecule has 0 aromatic rings. The minimum Gasteiger partial charge on any atom is -0.375 e. The molecule has 0 aromatic heterocycles. The molecule has 2 amide bonds. The Kier molecular flexibility index (Phi) is 18.5. The number of carbonyl (C=O) groups excluding carboxylic acids is 2. The highest BCUT2D eigenvalue weighted by molar-refractivity contribution is 5.76. The Morgan fingerprint density at radius 3 is 2.05 bits per heavy atom. The van der Waals surface area contributed by atoms with Crippen molar-refractivity contribution in [3.05, 3.63) is 0 Å². The van der Waals surface area contributed by atoms with Crippen molar-refractivity contribution in [1.82, 2.24) is 16.0 Å². The highest BCUT2D eigenvalue weighted by atomic mass is 16.5. The molecule has 1 unspecified atom stereocenters. The monoisotopic (exact) mass is 547 g/mol. The molecule has 1 fully saturated rings. The van der Waals surface area contributed by atoms with Gasteiger partial charge in [-0.3, -0.25) is 9.59 Å². The molecule has 0 bridgehead atoms. The summed E-state index contributed by atoms with van der Waals surface area (Å²) in [6.45, 7) is 11.0. The van der Waals surface area contributed by atoms with Gasteiger partial charge in [-0.25, -0.2) is 0 Å². The first-order valence-corrected chi connectivity index (χ1v) is 15.9. The molecule has 1 saturated carbocycles. The largest absolute Gasteiger partial charge is 0.375 e. The van der Waals surface area contributed by atoms with E-state index in [0.717, 1.165) is 18.8 Å². The standard InChI is InChI=1S/C33H61N3O3/c1-28(34-6)18-17-26-35-30(37)23-24-33(4,5)39-27-25-32(2,3)36-31(38)22-16-21-29-19-14-12-10-8-7-9-11-13-15-20-29/h28-29,34H,7-16,19-27H2,1-6H3,(H,35,37)(H,36,38). The van der Waals surface area contributed by atoms with E-state index in [9.17, 15) is 9.59 Å². The Morgan fingerprint density at radius 1 is 0.872 bits per heavy atom. The second-order valence-corrected chi connectivity index (χ2v) is 12.9. The van der Waals surface area contributed by atoms with Crippen molar-refractivity contribution in [3.63, 3.8) is 0 Å². The van der Waals surface area contributed by atoms with Gasteiger partial charge in [0.05, 0.1) is 18.2 Å². The lowest BCUT2D eigenvalue weighted by atomic mass is 9.89. The van der Waals surface area contributed by atoms with Crippen molar-refractivity contribution in [2.24, 2.45) is 5.92 Å². The highest BCUT2D eigenvalue weighted by Crippen LogP contribution is 2.25. The van der Waals surface area contributed by atoms with Crippen molar-refractivity contribution >= 4 is 11.8 Å². The number of rotatable bonds is 14. The zero-order valence-corrected chi connectivity index (χ0v) is 26.3. The molecular formula is C33H61N3O3. The topological polar surface area (TPSA) is 79.5 Å². The van der Waals surface area contributed by atoms with Crippen LogP contribution in [0.1, 0.15) is 144 Å². The summed E-state index contributed by atoms with van der Waals surface area (Å²) in [5.41, 5.74) is -0.724. The van der Waals surface area contributed by atoms with Gasteiger partial charge in [0.1, 0.15) is 0 Å². The van der Waals surface area contributed by atoms with Gasteiger partial charge in [0.25, 0.3) is 0 Å². The van der Waals surface area contributed by atoms with Crippen LogP contribution >= 0.6 is 0 Å². The molecule has 0 aromatic carbocycles. The van der Waals surface area contributed by atoms with Crippen LogP contribution in [0.2, 0.25) is 0 Å². The van der Waals surface area contributed by atoms with Crippen LogP contribution in [0.4, 0.5) is 0 Å². The summed E-state index contributed by atoms with van der Waals surface area (Å²) >= 11 is 0. The molecule has 6 nitrogen and oxygen atoms in total. The third-order valence-corrected chi connectivity index (χ3v) is 8.02. The molecule has 1 aliphatic carbocycles. The van der Waals surface area contributed by atoms with Crippen LogP contribution < -0.4 is 16.0 Å². The number of hydrogen-bond acceptors (Lipinski definition) is 4. The zero-order valence-electron chi connectivity index (χ0n) is 26.3. The van der Waals surface area contributed by atoms with E-state index in [2.05, 4.69) is 41.6 Å². The Labute approximate surface area is 240 Å². The van der Waals surface area contributed by atoms with E-state index in [-0.39, 0.29) is 23.4 Å². The first-order valence-electron chi connectivity index (χ1n) is 15.9. The van der Waals surface area contributed by atoms with Gasteiger partial charge in [0.2, 0.25) is 11.8 Å². The Bertz CT molecular complexity index is 726. The van der Waals surface area contributed by atoms with E-state index in [1.807, 2.05) is 27.8 Å². The summed E-state index contributed by atoms with van der Waals surface area (Å²) in [5, 5.41) is 9.12. The normalized spacial score (nSPS) is 17.2. The molecule has 1 atom stereocenters. The number of amides is 2. The van der Waals surface area contributed by atoms with E-state index in [1.165, 1.54) is 77.0 Å².